The molecule has 1 aliphatic carbocycles. The first-order valence-corrected chi connectivity index (χ1v) is 9.73. The SMILES string of the molecule is Cc1cc(C(=O)CCC(=O)OCC(=O)N[C@H]2CCCC[C@@H]2C)c(C)s1. The summed E-state index contributed by atoms with van der Waals surface area (Å²) >= 11 is 1.57. The number of Topliss-reactive ketones (excluding diaryl/α,β-unsaturated/α-hetero) is 1. The van der Waals surface area contributed by atoms with Crippen molar-refractivity contribution in [3.63, 3.8) is 0 Å². The molecule has 2 rings (SSSR count). The van der Waals surface area contributed by atoms with E-state index in [1.54, 1.807) is 11.3 Å². The molecule has 1 aromatic heterocycles. The van der Waals surface area contributed by atoms with Crippen molar-refractivity contribution in [3.8, 4) is 0 Å². The van der Waals surface area contributed by atoms with E-state index in [2.05, 4.69) is 12.2 Å². The zero-order valence-electron chi connectivity index (χ0n) is 15.2. The Morgan fingerprint density at radius 3 is 2.56 bits per heavy atom. The molecule has 0 saturated heterocycles. The predicted octanol–water partition coefficient (Wildman–Crippen LogP) is 3.57. The first kappa shape index (κ1) is 19.6. The summed E-state index contributed by atoms with van der Waals surface area (Å²) < 4.78 is 5.00. The van der Waals surface area contributed by atoms with Crippen LogP contribution in [0.2, 0.25) is 0 Å². The Labute approximate surface area is 153 Å². The number of nitrogens with one attached hydrogen (secondary N) is 1. The van der Waals surface area contributed by atoms with Gasteiger partial charge in [0.1, 0.15) is 0 Å². The second-order valence-electron chi connectivity index (χ2n) is 6.85. The topological polar surface area (TPSA) is 72.5 Å². The van der Waals surface area contributed by atoms with E-state index in [1.807, 2.05) is 19.9 Å². The van der Waals surface area contributed by atoms with Crippen LogP contribution in [0.3, 0.4) is 0 Å². The van der Waals surface area contributed by atoms with Crippen LogP contribution in [-0.4, -0.2) is 30.3 Å². The zero-order valence-corrected chi connectivity index (χ0v) is 16.0. The van der Waals surface area contributed by atoms with Crippen LogP contribution in [0.1, 0.15) is 65.6 Å². The highest BCUT2D eigenvalue weighted by atomic mass is 32.1. The highest BCUT2D eigenvalue weighted by molar-refractivity contribution is 7.12. The van der Waals surface area contributed by atoms with Crippen molar-refractivity contribution in [2.75, 3.05) is 6.61 Å². The van der Waals surface area contributed by atoms with Gasteiger partial charge in [-0.15, -0.1) is 11.3 Å². The highest BCUT2D eigenvalue weighted by Gasteiger charge is 2.23. The third kappa shape index (κ3) is 5.96. The van der Waals surface area contributed by atoms with E-state index in [4.69, 9.17) is 4.74 Å². The van der Waals surface area contributed by atoms with Gasteiger partial charge in [-0.05, 0) is 38.7 Å². The molecule has 2 atom stereocenters. The monoisotopic (exact) mass is 365 g/mol. The number of ether oxygens (including phenoxy) is 1. The number of carbonyl (C=O) groups is 3. The summed E-state index contributed by atoms with van der Waals surface area (Å²) in [4.78, 5) is 37.9. The number of amides is 1. The average molecular weight is 365 g/mol. The Bertz CT molecular complexity index is 637. The number of hydrogen-bond acceptors (Lipinski definition) is 5. The van der Waals surface area contributed by atoms with Crippen LogP contribution in [0.5, 0.6) is 0 Å². The second kappa shape index (κ2) is 9.13. The fourth-order valence-corrected chi connectivity index (χ4v) is 4.20. The van der Waals surface area contributed by atoms with Gasteiger partial charge in [0.2, 0.25) is 0 Å². The molecule has 138 valence electrons. The number of hydrogen-bond donors (Lipinski definition) is 1. The van der Waals surface area contributed by atoms with Crippen molar-refractivity contribution in [1.82, 2.24) is 5.32 Å². The first-order chi connectivity index (χ1) is 11.9. The van der Waals surface area contributed by atoms with Crippen molar-refractivity contribution in [1.29, 1.82) is 0 Å². The van der Waals surface area contributed by atoms with E-state index in [1.165, 1.54) is 6.42 Å². The summed E-state index contributed by atoms with van der Waals surface area (Å²) in [5, 5.41) is 2.94. The Hall–Kier alpha value is -1.69. The van der Waals surface area contributed by atoms with E-state index >= 15 is 0 Å². The maximum absolute atomic E-state index is 12.1. The van der Waals surface area contributed by atoms with Gasteiger partial charge in [-0.3, -0.25) is 14.4 Å². The van der Waals surface area contributed by atoms with Crippen molar-refractivity contribution in [2.45, 2.75) is 65.3 Å². The minimum atomic E-state index is -0.509. The number of aryl methyl sites for hydroxylation is 2. The molecule has 6 heteroatoms. The van der Waals surface area contributed by atoms with Crippen molar-refractivity contribution in [3.05, 3.63) is 21.4 Å². The van der Waals surface area contributed by atoms with E-state index < -0.39 is 5.97 Å². The number of carbonyl (C=O) groups excluding carboxylic acids is 3. The van der Waals surface area contributed by atoms with Crippen LogP contribution in [0.15, 0.2) is 6.07 Å². The smallest absolute Gasteiger partial charge is 0.306 e. The normalized spacial score (nSPS) is 20.1. The van der Waals surface area contributed by atoms with Crippen molar-refractivity contribution >= 4 is 29.0 Å². The van der Waals surface area contributed by atoms with Crippen LogP contribution in [0.25, 0.3) is 0 Å². The molecule has 25 heavy (non-hydrogen) atoms. The summed E-state index contributed by atoms with van der Waals surface area (Å²) in [5.74, 6) is -0.366. The van der Waals surface area contributed by atoms with Crippen LogP contribution < -0.4 is 5.32 Å². The molecule has 0 aromatic carbocycles. The van der Waals surface area contributed by atoms with Gasteiger partial charge in [0.15, 0.2) is 12.4 Å². The lowest BCUT2D eigenvalue weighted by Gasteiger charge is -2.29. The molecule has 1 heterocycles. The molecule has 0 spiro atoms. The van der Waals surface area contributed by atoms with Gasteiger partial charge in [-0.2, -0.15) is 0 Å². The number of rotatable bonds is 7. The van der Waals surface area contributed by atoms with Gasteiger partial charge >= 0.3 is 5.97 Å². The van der Waals surface area contributed by atoms with Gasteiger partial charge in [0.05, 0.1) is 6.42 Å². The summed E-state index contributed by atoms with van der Waals surface area (Å²) in [6.45, 7) is 5.72. The number of thiophene rings is 1. The molecule has 1 amide bonds. The van der Waals surface area contributed by atoms with Crippen LogP contribution in [0, 0.1) is 19.8 Å². The third-order valence-electron chi connectivity index (χ3n) is 4.72. The molecular weight excluding hydrogens is 338 g/mol. The summed E-state index contributed by atoms with van der Waals surface area (Å²) in [6, 6.07) is 2.03. The van der Waals surface area contributed by atoms with Gasteiger partial charge in [-0.25, -0.2) is 0 Å². The molecule has 1 N–H and O–H groups in total. The van der Waals surface area contributed by atoms with Gasteiger partial charge in [0, 0.05) is 27.8 Å². The lowest BCUT2D eigenvalue weighted by atomic mass is 9.86. The molecule has 0 bridgehead atoms. The molecule has 0 unspecified atom stereocenters. The summed E-state index contributed by atoms with van der Waals surface area (Å²) in [6.07, 6.45) is 4.54. The Balaban J connectivity index is 1.69. The lowest BCUT2D eigenvalue weighted by molar-refractivity contribution is -0.148. The zero-order chi connectivity index (χ0) is 18.4. The minimum Gasteiger partial charge on any atom is -0.456 e. The average Bonchev–Trinajstić information content (AvgIpc) is 2.91. The Morgan fingerprint density at radius 2 is 1.92 bits per heavy atom. The van der Waals surface area contributed by atoms with E-state index in [0.717, 1.165) is 29.0 Å². The maximum Gasteiger partial charge on any atom is 0.306 e. The number of esters is 1. The predicted molar refractivity (Wildman–Crippen MR) is 97.9 cm³/mol. The van der Waals surface area contributed by atoms with E-state index in [9.17, 15) is 14.4 Å². The molecule has 1 saturated carbocycles. The first-order valence-electron chi connectivity index (χ1n) is 8.92. The third-order valence-corrected chi connectivity index (χ3v) is 5.69. The molecule has 1 aromatic rings. The van der Waals surface area contributed by atoms with Gasteiger partial charge < -0.3 is 10.1 Å². The van der Waals surface area contributed by atoms with E-state index in [0.29, 0.717) is 11.5 Å². The fourth-order valence-electron chi connectivity index (χ4n) is 3.26. The molecule has 5 nitrogen and oxygen atoms in total. The van der Waals surface area contributed by atoms with Crippen molar-refractivity contribution in [2.24, 2.45) is 5.92 Å². The van der Waals surface area contributed by atoms with Crippen LogP contribution in [-0.2, 0) is 14.3 Å². The minimum absolute atomic E-state index is 0.000277. The second-order valence-corrected chi connectivity index (χ2v) is 8.31. The molecule has 0 radical (unpaired) electrons. The fraction of sp³-hybridized carbons (Fsp3) is 0.632. The van der Waals surface area contributed by atoms with Crippen molar-refractivity contribution < 1.29 is 19.1 Å². The summed E-state index contributed by atoms with van der Waals surface area (Å²) in [7, 11) is 0. The van der Waals surface area contributed by atoms with Gasteiger partial charge in [0.25, 0.3) is 5.91 Å². The molecule has 0 aliphatic heterocycles. The largest absolute Gasteiger partial charge is 0.456 e. The van der Waals surface area contributed by atoms with Crippen LogP contribution in [0.4, 0.5) is 0 Å². The quantitative estimate of drug-likeness (QED) is 0.592. The lowest BCUT2D eigenvalue weighted by Crippen LogP contribution is -2.42. The number of ketones is 1. The molecular formula is C19H27NO4S. The molecule has 1 fully saturated rings. The standard InChI is InChI=1S/C19H27NO4S/c1-12-6-4-5-7-16(12)20-18(22)11-24-19(23)9-8-17(21)15-10-13(2)25-14(15)3/h10,12,16H,4-9,11H2,1-3H3,(H,20,22)/t12-,16-/m0/s1. The molecule has 1 aliphatic rings. The van der Waals surface area contributed by atoms with Crippen LogP contribution >= 0.6 is 11.3 Å². The maximum atomic E-state index is 12.1. The van der Waals surface area contributed by atoms with Gasteiger partial charge in [-0.1, -0.05) is 19.8 Å². The Kier molecular flexibility index (Phi) is 7.17. The highest BCUT2D eigenvalue weighted by Crippen LogP contribution is 2.24. The van der Waals surface area contributed by atoms with E-state index in [-0.39, 0.29) is 37.2 Å². The Morgan fingerprint density at radius 1 is 1.20 bits per heavy atom. The summed E-state index contributed by atoms with van der Waals surface area (Å²) in [5.41, 5.74) is 0.680.